The molecule has 0 spiro atoms. The Kier molecular flexibility index (Phi) is 4.25. The molecular formula is C16H24N2O. The molecule has 1 aliphatic rings. The topological polar surface area (TPSA) is 41.1 Å². The molecule has 0 atom stereocenters. The van der Waals surface area contributed by atoms with E-state index in [1.54, 1.807) is 0 Å². The van der Waals surface area contributed by atoms with Crippen molar-refractivity contribution in [2.75, 3.05) is 13.1 Å². The van der Waals surface area contributed by atoms with Crippen LogP contribution in [0.1, 0.15) is 37.8 Å². The van der Waals surface area contributed by atoms with Gasteiger partial charge in [-0.2, -0.15) is 0 Å². The number of hydrogen-bond acceptors (Lipinski definition) is 2. The molecule has 1 fully saturated rings. The van der Waals surface area contributed by atoms with E-state index in [0.717, 1.165) is 31.5 Å². The Balaban J connectivity index is 2.05. The van der Waals surface area contributed by atoms with Crippen LogP contribution in [0, 0.1) is 6.92 Å². The molecule has 2 N–H and O–H groups in total. The lowest BCUT2D eigenvalue weighted by Crippen LogP contribution is -2.48. The molecule has 2 rings (SSSR count). The van der Waals surface area contributed by atoms with Gasteiger partial charge in [-0.15, -0.1) is 0 Å². The van der Waals surface area contributed by atoms with Crippen LogP contribution < -0.4 is 10.6 Å². The van der Waals surface area contributed by atoms with E-state index in [-0.39, 0.29) is 5.91 Å². The number of nitrogens with one attached hydrogen (secondary N) is 2. The van der Waals surface area contributed by atoms with E-state index in [1.165, 1.54) is 5.56 Å². The Morgan fingerprint density at radius 2 is 1.79 bits per heavy atom. The molecule has 1 aliphatic heterocycles. The fourth-order valence-electron chi connectivity index (χ4n) is 2.43. The minimum atomic E-state index is -0.474. The molecule has 0 aliphatic carbocycles. The van der Waals surface area contributed by atoms with Crippen molar-refractivity contribution < 1.29 is 4.79 Å². The number of carbonyl (C=O) groups is 1. The van der Waals surface area contributed by atoms with Crippen LogP contribution in [0.15, 0.2) is 24.3 Å². The van der Waals surface area contributed by atoms with E-state index < -0.39 is 5.41 Å². The highest BCUT2D eigenvalue weighted by Crippen LogP contribution is 2.24. The van der Waals surface area contributed by atoms with Crippen LogP contribution in [-0.2, 0) is 10.2 Å². The first kappa shape index (κ1) is 14.1. The summed E-state index contributed by atoms with van der Waals surface area (Å²) in [6, 6.07) is 8.55. The molecule has 1 aromatic carbocycles. The van der Waals surface area contributed by atoms with Crippen LogP contribution in [-0.4, -0.2) is 25.0 Å². The van der Waals surface area contributed by atoms with Crippen LogP contribution in [0.5, 0.6) is 0 Å². The summed E-state index contributed by atoms with van der Waals surface area (Å²) in [5.41, 5.74) is 1.82. The second kappa shape index (κ2) is 5.74. The molecule has 19 heavy (non-hydrogen) atoms. The standard InChI is InChI=1S/C16H24N2O/c1-12-4-6-13(7-5-12)16(2,3)15(19)18-14-8-10-17-11-9-14/h4-7,14,17H,8-11H2,1-3H3,(H,18,19). The second-order valence-corrected chi connectivity index (χ2v) is 5.99. The molecule has 1 amide bonds. The lowest BCUT2D eigenvalue weighted by Gasteiger charge is -2.30. The fourth-order valence-corrected chi connectivity index (χ4v) is 2.43. The summed E-state index contributed by atoms with van der Waals surface area (Å²) in [5, 5.41) is 6.51. The molecular weight excluding hydrogens is 236 g/mol. The first-order valence-corrected chi connectivity index (χ1v) is 7.09. The molecule has 3 nitrogen and oxygen atoms in total. The molecule has 1 aromatic rings. The molecule has 0 aromatic heterocycles. The highest BCUT2D eigenvalue weighted by Gasteiger charge is 2.31. The van der Waals surface area contributed by atoms with Crippen LogP contribution in [0.3, 0.4) is 0 Å². The van der Waals surface area contributed by atoms with Gasteiger partial charge in [-0.3, -0.25) is 4.79 Å². The van der Waals surface area contributed by atoms with Gasteiger partial charge in [0.25, 0.3) is 0 Å². The predicted molar refractivity (Wildman–Crippen MR) is 78.2 cm³/mol. The van der Waals surface area contributed by atoms with E-state index in [2.05, 4.69) is 41.8 Å². The number of benzene rings is 1. The second-order valence-electron chi connectivity index (χ2n) is 5.99. The van der Waals surface area contributed by atoms with Crippen molar-refractivity contribution >= 4 is 5.91 Å². The van der Waals surface area contributed by atoms with Gasteiger partial charge in [-0.1, -0.05) is 29.8 Å². The minimum absolute atomic E-state index is 0.128. The monoisotopic (exact) mass is 260 g/mol. The molecule has 3 heteroatoms. The van der Waals surface area contributed by atoms with Gasteiger partial charge in [0.05, 0.1) is 5.41 Å². The van der Waals surface area contributed by atoms with Gasteiger partial charge < -0.3 is 10.6 Å². The first-order chi connectivity index (χ1) is 9.00. The van der Waals surface area contributed by atoms with Crippen molar-refractivity contribution in [1.82, 2.24) is 10.6 Å². The van der Waals surface area contributed by atoms with Crippen molar-refractivity contribution in [3.8, 4) is 0 Å². The lowest BCUT2D eigenvalue weighted by molar-refractivity contribution is -0.126. The van der Waals surface area contributed by atoms with Crippen LogP contribution in [0.4, 0.5) is 0 Å². The van der Waals surface area contributed by atoms with Gasteiger partial charge in [-0.25, -0.2) is 0 Å². The Bertz CT molecular complexity index is 431. The van der Waals surface area contributed by atoms with Gasteiger partial charge in [0.15, 0.2) is 0 Å². The van der Waals surface area contributed by atoms with E-state index in [4.69, 9.17) is 0 Å². The summed E-state index contributed by atoms with van der Waals surface area (Å²) >= 11 is 0. The lowest BCUT2D eigenvalue weighted by atomic mass is 9.83. The minimum Gasteiger partial charge on any atom is -0.353 e. The van der Waals surface area contributed by atoms with Crippen molar-refractivity contribution in [2.24, 2.45) is 0 Å². The molecule has 0 unspecified atom stereocenters. The third-order valence-electron chi connectivity index (χ3n) is 4.02. The molecule has 1 saturated heterocycles. The Hall–Kier alpha value is -1.35. The van der Waals surface area contributed by atoms with Crippen LogP contribution in [0.2, 0.25) is 0 Å². The van der Waals surface area contributed by atoms with E-state index in [9.17, 15) is 4.79 Å². The highest BCUT2D eigenvalue weighted by molar-refractivity contribution is 5.87. The van der Waals surface area contributed by atoms with E-state index >= 15 is 0 Å². The Morgan fingerprint density at radius 1 is 1.21 bits per heavy atom. The van der Waals surface area contributed by atoms with E-state index in [1.807, 2.05) is 13.8 Å². The first-order valence-electron chi connectivity index (χ1n) is 7.09. The average molecular weight is 260 g/mol. The van der Waals surface area contributed by atoms with Crippen molar-refractivity contribution in [3.05, 3.63) is 35.4 Å². The number of rotatable bonds is 3. The summed E-state index contributed by atoms with van der Waals surface area (Å²) in [4.78, 5) is 12.5. The normalized spacial score (nSPS) is 17.2. The van der Waals surface area contributed by atoms with Gasteiger partial charge in [0, 0.05) is 6.04 Å². The SMILES string of the molecule is Cc1ccc(C(C)(C)C(=O)NC2CCNCC2)cc1. The van der Waals surface area contributed by atoms with Crippen LogP contribution in [0.25, 0.3) is 0 Å². The van der Waals surface area contributed by atoms with Gasteiger partial charge in [0.1, 0.15) is 0 Å². The van der Waals surface area contributed by atoms with Gasteiger partial charge in [0.2, 0.25) is 5.91 Å². The smallest absolute Gasteiger partial charge is 0.230 e. The number of carbonyl (C=O) groups excluding carboxylic acids is 1. The van der Waals surface area contributed by atoms with Gasteiger partial charge >= 0.3 is 0 Å². The summed E-state index contributed by atoms with van der Waals surface area (Å²) < 4.78 is 0. The van der Waals surface area contributed by atoms with Crippen molar-refractivity contribution in [2.45, 2.75) is 45.1 Å². The highest BCUT2D eigenvalue weighted by atomic mass is 16.2. The third-order valence-corrected chi connectivity index (χ3v) is 4.02. The maximum atomic E-state index is 12.5. The molecule has 0 saturated carbocycles. The van der Waals surface area contributed by atoms with Gasteiger partial charge in [-0.05, 0) is 52.3 Å². The zero-order valence-corrected chi connectivity index (χ0v) is 12.1. The third kappa shape index (κ3) is 3.35. The van der Waals surface area contributed by atoms with E-state index in [0.29, 0.717) is 6.04 Å². The molecule has 0 bridgehead atoms. The number of aryl methyl sites for hydroxylation is 1. The quantitative estimate of drug-likeness (QED) is 0.874. The summed E-state index contributed by atoms with van der Waals surface area (Å²) in [5.74, 6) is 0.128. The number of piperidine rings is 1. The largest absolute Gasteiger partial charge is 0.353 e. The molecule has 104 valence electrons. The Morgan fingerprint density at radius 3 is 2.37 bits per heavy atom. The Labute approximate surface area is 115 Å². The summed E-state index contributed by atoms with van der Waals surface area (Å²) in [6.07, 6.45) is 2.05. The van der Waals surface area contributed by atoms with Crippen LogP contribution >= 0.6 is 0 Å². The number of amides is 1. The average Bonchev–Trinajstić information content (AvgIpc) is 2.40. The van der Waals surface area contributed by atoms with Crippen molar-refractivity contribution in [3.63, 3.8) is 0 Å². The number of hydrogen-bond donors (Lipinski definition) is 2. The maximum absolute atomic E-state index is 12.5. The molecule has 0 radical (unpaired) electrons. The summed E-state index contributed by atoms with van der Waals surface area (Å²) in [7, 11) is 0. The predicted octanol–water partition coefficient (Wildman–Crippen LogP) is 2.14. The summed E-state index contributed by atoms with van der Waals surface area (Å²) in [6.45, 7) is 8.04. The zero-order valence-electron chi connectivity index (χ0n) is 12.1. The van der Waals surface area contributed by atoms with Crippen molar-refractivity contribution in [1.29, 1.82) is 0 Å². The fraction of sp³-hybridized carbons (Fsp3) is 0.562. The zero-order chi connectivity index (χ0) is 13.9. The maximum Gasteiger partial charge on any atom is 0.230 e. The molecule has 1 heterocycles.